The predicted molar refractivity (Wildman–Crippen MR) is 122 cm³/mol. The quantitative estimate of drug-likeness (QED) is 0.646. The molecule has 162 valence electrons. The zero-order chi connectivity index (χ0) is 21.0. The summed E-state index contributed by atoms with van der Waals surface area (Å²) in [5.74, 6) is 0.586. The van der Waals surface area contributed by atoms with E-state index in [-0.39, 0.29) is 24.1 Å². The van der Waals surface area contributed by atoms with Crippen LogP contribution in [-0.4, -0.2) is 31.9 Å². The van der Waals surface area contributed by atoms with Gasteiger partial charge in [0.25, 0.3) is 0 Å². The zero-order valence-electron chi connectivity index (χ0n) is 17.9. The van der Waals surface area contributed by atoms with Crippen LogP contribution in [0, 0.1) is 5.41 Å². The van der Waals surface area contributed by atoms with Crippen molar-refractivity contribution in [1.29, 1.82) is 0 Å². The number of amides is 1. The van der Waals surface area contributed by atoms with Crippen molar-refractivity contribution in [3.8, 4) is 16.9 Å². The standard InChI is InChI=1S/C24H30N2O3.ClH/c1-16(27)17-4-6-18(7-5-17)19-8-9-22(29-3)20(14-19)15-24(23(25)28)12-10-21(26-2)11-13-24;/h4-9,14,21,26H,10-13,15H2,1-3H3,(H2,25,28);1H. The molecule has 0 atom stereocenters. The van der Waals surface area contributed by atoms with Crippen molar-refractivity contribution in [3.63, 3.8) is 0 Å². The van der Waals surface area contributed by atoms with Crippen LogP contribution in [0.25, 0.3) is 11.1 Å². The Bertz CT molecular complexity index is 888. The monoisotopic (exact) mass is 430 g/mol. The summed E-state index contributed by atoms with van der Waals surface area (Å²) in [6.07, 6.45) is 3.99. The minimum absolute atomic E-state index is 0. The number of methoxy groups -OCH3 is 1. The highest BCUT2D eigenvalue weighted by molar-refractivity contribution is 5.94. The number of primary amides is 1. The number of nitrogens with two attached hydrogens (primary N) is 1. The minimum atomic E-state index is -0.544. The summed E-state index contributed by atoms with van der Waals surface area (Å²) in [7, 11) is 3.61. The lowest BCUT2D eigenvalue weighted by Gasteiger charge is -2.38. The molecule has 6 heteroatoms. The molecule has 2 aromatic rings. The molecule has 1 aliphatic rings. The van der Waals surface area contributed by atoms with Crippen LogP contribution in [0.4, 0.5) is 0 Å². The van der Waals surface area contributed by atoms with Crippen molar-refractivity contribution in [2.75, 3.05) is 14.2 Å². The summed E-state index contributed by atoms with van der Waals surface area (Å²) >= 11 is 0. The highest BCUT2D eigenvalue weighted by Gasteiger charge is 2.40. The number of nitrogens with one attached hydrogen (secondary N) is 1. The summed E-state index contributed by atoms with van der Waals surface area (Å²) in [5, 5.41) is 3.31. The van der Waals surface area contributed by atoms with Crippen LogP contribution in [0.2, 0.25) is 0 Å². The number of ether oxygens (including phenoxy) is 1. The van der Waals surface area contributed by atoms with E-state index in [1.165, 1.54) is 0 Å². The fourth-order valence-electron chi connectivity index (χ4n) is 4.33. The molecule has 0 heterocycles. The topological polar surface area (TPSA) is 81.4 Å². The van der Waals surface area contributed by atoms with Gasteiger partial charge in [-0.05, 0) is 74.9 Å². The Labute approximate surface area is 184 Å². The molecule has 1 aliphatic carbocycles. The molecule has 0 saturated heterocycles. The normalized spacial score (nSPS) is 20.8. The Kier molecular flexibility index (Phi) is 8.04. The van der Waals surface area contributed by atoms with E-state index in [4.69, 9.17) is 10.5 Å². The molecule has 0 unspecified atom stereocenters. The van der Waals surface area contributed by atoms with Gasteiger partial charge < -0.3 is 15.8 Å². The number of rotatable bonds is 7. The average molecular weight is 431 g/mol. The van der Waals surface area contributed by atoms with Gasteiger partial charge in [0.15, 0.2) is 5.78 Å². The van der Waals surface area contributed by atoms with Crippen LogP contribution in [0.15, 0.2) is 42.5 Å². The van der Waals surface area contributed by atoms with Crippen molar-refractivity contribution < 1.29 is 14.3 Å². The van der Waals surface area contributed by atoms with Gasteiger partial charge >= 0.3 is 0 Å². The number of Topliss-reactive ketones (excluding diaryl/α,β-unsaturated/α-hetero) is 1. The highest BCUT2D eigenvalue weighted by atomic mass is 35.5. The molecule has 2 aromatic carbocycles. The Balaban J connectivity index is 0.00000320. The summed E-state index contributed by atoms with van der Waals surface area (Å²) in [4.78, 5) is 24.0. The number of carbonyl (C=O) groups excluding carboxylic acids is 2. The summed E-state index contributed by atoms with van der Waals surface area (Å²) in [6.45, 7) is 1.56. The number of hydrogen-bond donors (Lipinski definition) is 2. The Morgan fingerprint density at radius 3 is 2.20 bits per heavy atom. The van der Waals surface area contributed by atoms with Crippen LogP contribution in [0.1, 0.15) is 48.5 Å². The minimum Gasteiger partial charge on any atom is -0.496 e. The Morgan fingerprint density at radius 2 is 1.70 bits per heavy atom. The van der Waals surface area contributed by atoms with Gasteiger partial charge in [0.2, 0.25) is 5.91 Å². The molecule has 3 N–H and O–H groups in total. The van der Waals surface area contributed by atoms with Gasteiger partial charge in [-0.15, -0.1) is 12.4 Å². The average Bonchev–Trinajstić information content (AvgIpc) is 2.74. The molecule has 5 nitrogen and oxygen atoms in total. The largest absolute Gasteiger partial charge is 0.496 e. The van der Waals surface area contributed by atoms with Crippen LogP contribution >= 0.6 is 12.4 Å². The second-order valence-electron chi connectivity index (χ2n) is 8.04. The van der Waals surface area contributed by atoms with Crippen molar-refractivity contribution >= 4 is 24.1 Å². The molecular weight excluding hydrogens is 400 g/mol. The lowest BCUT2D eigenvalue weighted by molar-refractivity contribution is -0.129. The predicted octanol–water partition coefficient (Wildman–Crippen LogP) is 4.16. The second-order valence-corrected chi connectivity index (χ2v) is 8.04. The van der Waals surface area contributed by atoms with E-state index in [1.807, 2.05) is 43.4 Å². The molecule has 1 amide bonds. The zero-order valence-corrected chi connectivity index (χ0v) is 18.7. The van der Waals surface area contributed by atoms with Gasteiger partial charge in [-0.3, -0.25) is 9.59 Å². The smallest absolute Gasteiger partial charge is 0.223 e. The third-order valence-corrected chi connectivity index (χ3v) is 6.31. The maximum absolute atomic E-state index is 12.5. The van der Waals surface area contributed by atoms with E-state index in [2.05, 4.69) is 11.4 Å². The molecule has 0 aliphatic heterocycles. The number of hydrogen-bond acceptors (Lipinski definition) is 4. The summed E-state index contributed by atoms with van der Waals surface area (Å²) in [5.41, 5.74) is 9.07. The third-order valence-electron chi connectivity index (χ3n) is 6.31. The maximum Gasteiger partial charge on any atom is 0.223 e. The van der Waals surface area contributed by atoms with Crippen molar-refractivity contribution in [1.82, 2.24) is 5.32 Å². The molecule has 0 bridgehead atoms. The van der Waals surface area contributed by atoms with Gasteiger partial charge in [0.1, 0.15) is 5.75 Å². The van der Waals surface area contributed by atoms with Gasteiger partial charge in [-0.2, -0.15) is 0 Å². The molecule has 30 heavy (non-hydrogen) atoms. The molecule has 1 saturated carbocycles. The van der Waals surface area contributed by atoms with E-state index in [0.717, 1.165) is 48.1 Å². The van der Waals surface area contributed by atoms with Crippen molar-refractivity contribution in [2.24, 2.45) is 11.1 Å². The number of halogens is 1. The molecule has 1 fully saturated rings. The number of ketones is 1. The van der Waals surface area contributed by atoms with Crippen molar-refractivity contribution in [2.45, 2.75) is 45.1 Å². The van der Waals surface area contributed by atoms with E-state index < -0.39 is 5.41 Å². The second kappa shape index (κ2) is 10.1. The first-order chi connectivity index (χ1) is 13.9. The maximum atomic E-state index is 12.5. The highest BCUT2D eigenvalue weighted by Crippen LogP contribution is 2.41. The molecule has 0 radical (unpaired) electrons. The molecule has 0 spiro atoms. The fraction of sp³-hybridized carbons (Fsp3) is 0.417. The Hall–Kier alpha value is -2.37. The molecule has 3 rings (SSSR count). The first kappa shape index (κ1) is 23.9. The molecule has 0 aromatic heterocycles. The third kappa shape index (κ3) is 5.02. The summed E-state index contributed by atoms with van der Waals surface area (Å²) < 4.78 is 5.59. The van der Waals surface area contributed by atoms with Gasteiger partial charge in [-0.25, -0.2) is 0 Å². The van der Waals surface area contributed by atoms with Crippen LogP contribution in [-0.2, 0) is 11.2 Å². The van der Waals surface area contributed by atoms with Crippen LogP contribution < -0.4 is 15.8 Å². The first-order valence-corrected chi connectivity index (χ1v) is 10.1. The SMILES string of the molecule is CNC1CCC(Cc2cc(-c3ccc(C(C)=O)cc3)ccc2OC)(C(N)=O)CC1.Cl. The first-order valence-electron chi connectivity index (χ1n) is 10.1. The lowest BCUT2D eigenvalue weighted by atomic mass is 9.68. The molecular formula is C24H31ClN2O3. The lowest BCUT2D eigenvalue weighted by Crippen LogP contribution is -2.45. The van der Waals surface area contributed by atoms with Crippen LogP contribution in [0.3, 0.4) is 0 Å². The van der Waals surface area contributed by atoms with Gasteiger partial charge in [-0.1, -0.05) is 30.3 Å². The fourth-order valence-corrected chi connectivity index (χ4v) is 4.33. The van der Waals surface area contributed by atoms with Crippen molar-refractivity contribution in [3.05, 3.63) is 53.6 Å². The number of carbonyl (C=O) groups is 2. The Morgan fingerprint density at radius 1 is 1.10 bits per heavy atom. The van der Waals surface area contributed by atoms with Gasteiger partial charge in [0.05, 0.1) is 12.5 Å². The van der Waals surface area contributed by atoms with Crippen LogP contribution in [0.5, 0.6) is 5.75 Å². The van der Waals surface area contributed by atoms with E-state index in [9.17, 15) is 9.59 Å². The van der Waals surface area contributed by atoms with E-state index in [1.54, 1.807) is 14.0 Å². The summed E-state index contributed by atoms with van der Waals surface area (Å²) in [6, 6.07) is 14.0. The van der Waals surface area contributed by atoms with Gasteiger partial charge in [0, 0.05) is 11.6 Å². The van der Waals surface area contributed by atoms with E-state index >= 15 is 0 Å². The number of benzene rings is 2. The van der Waals surface area contributed by atoms with E-state index in [0.29, 0.717) is 18.0 Å².